The molecular formula is C28H40N4O6. The van der Waals surface area contributed by atoms with Crippen molar-refractivity contribution >= 4 is 29.7 Å². The zero-order valence-electron chi connectivity index (χ0n) is 23.1. The molecule has 2 amide bonds. The third kappa shape index (κ3) is 11.2. The van der Waals surface area contributed by atoms with Crippen LogP contribution in [0.15, 0.2) is 40.5 Å². The van der Waals surface area contributed by atoms with E-state index in [0.29, 0.717) is 42.0 Å². The Balaban J connectivity index is 2.98. The minimum absolute atomic E-state index is 0.0292. The largest absolute Gasteiger partial charge is 0.460 e. The molecule has 208 valence electrons. The number of anilines is 1. The van der Waals surface area contributed by atoms with Crippen molar-refractivity contribution in [3.63, 3.8) is 0 Å². The maximum absolute atomic E-state index is 13.3. The summed E-state index contributed by atoms with van der Waals surface area (Å²) >= 11 is 0. The fourth-order valence-electron chi connectivity index (χ4n) is 3.38. The van der Waals surface area contributed by atoms with Gasteiger partial charge in [0.1, 0.15) is 6.61 Å². The number of nitrogens with zero attached hydrogens (tertiary/aromatic N) is 3. The number of imide groups is 1. The van der Waals surface area contributed by atoms with Crippen molar-refractivity contribution in [1.82, 2.24) is 4.90 Å². The number of benzene rings is 1. The maximum atomic E-state index is 13.3. The highest BCUT2D eigenvalue weighted by Gasteiger charge is 2.24. The van der Waals surface area contributed by atoms with Crippen molar-refractivity contribution in [2.45, 2.75) is 53.4 Å². The molecule has 0 heterocycles. The van der Waals surface area contributed by atoms with Crippen molar-refractivity contribution in [1.29, 1.82) is 5.26 Å². The number of carbonyl (C=O) groups is 3. The number of allylic oxidation sites excluding steroid dienone is 1. The quantitative estimate of drug-likeness (QED) is 0.0744. The molecule has 0 fully saturated rings. The summed E-state index contributed by atoms with van der Waals surface area (Å²) in [5, 5.41) is 13.6. The molecule has 1 atom stereocenters. The molecule has 1 aromatic rings. The first-order chi connectivity index (χ1) is 18.3. The zero-order chi connectivity index (χ0) is 28.3. The normalized spacial score (nSPS) is 12.7. The van der Waals surface area contributed by atoms with Crippen LogP contribution in [0.4, 0.5) is 5.69 Å². The lowest BCUT2D eigenvalue weighted by molar-refractivity contribution is -0.133. The van der Waals surface area contributed by atoms with E-state index in [2.05, 4.69) is 17.5 Å². The van der Waals surface area contributed by atoms with Gasteiger partial charge in [0.2, 0.25) is 6.41 Å². The number of unbranched alkanes of at least 4 members (excludes halogenated alkanes) is 1. The van der Waals surface area contributed by atoms with E-state index in [0.717, 1.165) is 30.6 Å². The number of methoxy groups -OCH3 is 1. The van der Waals surface area contributed by atoms with E-state index in [1.165, 1.54) is 0 Å². The Labute approximate surface area is 225 Å². The Kier molecular flexibility index (Phi) is 15.9. The van der Waals surface area contributed by atoms with Gasteiger partial charge < -0.3 is 14.2 Å². The molecule has 0 spiro atoms. The van der Waals surface area contributed by atoms with Crippen LogP contribution in [-0.4, -0.2) is 69.0 Å². The fourth-order valence-corrected chi connectivity index (χ4v) is 3.38. The van der Waals surface area contributed by atoms with Crippen molar-refractivity contribution in [3.8, 4) is 6.07 Å². The number of carbonyl (C=O) groups excluding carboxylic acids is 3. The number of hydrazone groups is 1. The summed E-state index contributed by atoms with van der Waals surface area (Å²) in [4.78, 5) is 38.5. The Hall–Kier alpha value is -3.55. The van der Waals surface area contributed by atoms with Gasteiger partial charge in [0.05, 0.1) is 37.1 Å². The minimum atomic E-state index is -0.581. The number of nitriles is 1. The highest BCUT2D eigenvalue weighted by atomic mass is 16.6. The molecule has 0 bridgehead atoms. The van der Waals surface area contributed by atoms with Crippen molar-refractivity contribution in [2.75, 3.05) is 45.5 Å². The first kappa shape index (κ1) is 32.5. The van der Waals surface area contributed by atoms with Crippen LogP contribution in [0.5, 0.6) is 0 Å². The molecule has 10 nitrogen and oxygen atoms in total. The summed E-state index contributed by atoms with van der Waals surface area (Å²) in [6.45, 7) is 8.89. The molecule has 1 unspecified atom stereocenters. The number of amides is 2. The van der Waals surface area contributed by atoms with Crippen molar-refractivity contribution < 1.29 is 28.6 Å². The standard InChI is InChI=1S/C28H40N4O6/c1-6-8-9-23(7-2)19-32(20-33)27(34)26(22(4)21(3)18-29)31-30-25-12-10-24(11-13-25)28(35)38-17-16-37-15-14-36-5/h10-13,20,23,30H,6-9,14-17,19H2,1-5H3/b22-21+,31-26-. The van der Waals surface area contributed by atoms with Crippen molar-refractivity contribution in [2.24, 2.45) is 11.0 Å². The van der Waals surface area contributed by atoms with Gasteiger partial charge in [-0.2, -0.15) is 10.4 Å². The van der Waals surface area contributed by atoms with Gasteiger partial charge >= 0.3 is 5.97 Å². The monoisotopic (exact) mass is 528 g/mol. The Morgan fingerprint density at radius 3 is 2.39 bits per heavy atom. The van der Waals surface area contributed by atoms with Crippen LogP contribution in [0.25, 0.3) is 0 Å². The molecule has 10 heteroatoms. The highest BCUT2D eigenvalue weighted by Crippen LogP contribution is 2.17. The van der Waals surface area contributed by atoms with Gasteiger partial charge in [-0.05, 0) is 56.0 Å². The van der Waals surface area contributed by atoms with Crippen LogP contribution in [0, 0.1) is 17.2 Å². The summed E-state index contributed by atoms with van der Waals surface area (Å²) in [7, 11) is 1.58. The number of nitrogens with one attached hydrogen (secondary N) is 1. The lowest BCUT2D eigenvalue weighted by Crippen LogP contribution is -2.39. The Morgan fingerprint density at radius 1 is 1.13 bits per heavy atom. The van der Waals surface area contributed by atoms with Gasteiger partial charge in [-0.15, -0.1) is 0 Å². The van der Waals surface area contributed by atoms with Gasteiger partial charge in [-0.1, -0.05) is 33.1 Å². The third-order valence-electron chi connectivity index (χ3n) is 5.98. The molecule has 0 aliphatic heterocycles. The maximum Gasteiger partial charge on any atom is 0.338 e. The number of hydrogen-bond acceptors (Lipinski definition) is 9. The van der Waals surface area contributed by atoms with Crippen LogP contribution in [0.2, 0.25) is 0 Å². The number of hydrogen-bond donors (Lipinski definition) is 1. The van der Waals surface area contributed by atoms with E-state index in [-0.39, 0.29) is 31.4 Å². The average Bonchev–Trinajstić information content (AvgIpc) is 2.94. The van der Waals surface area contributed by atoms with Gasteiger partial charge in [0, 0.05) is 19.2 Å². The smallest absolute Gasteiger partial charge is 0.338 e. The summed E-state index contributed by atoms with van der Waals surface area (Å²) in [6.07, 6.45) is 4.32. The summed E-state index contributed by atoms with van der Waals surface area (Å²) in [5.74, 6) is -0.892. The van der Waals surface area contributed by atoms with Crippen LogP contribution in [0.3, 0.4) is 0 Å². The molecule has 0 aromatic heterocycles. The molecule has 1 rings (SSSR count). The van der Waals surface area contributed by atoms with Gasteiger partial charge in [-0.25, -0.2) is 4.79 Å². The SMILES string of the molecule is CCCCC(CC)CN(C=O)C(=O)C(=N\Nc1ccc(C(=O)OCCOCCOC)cc1)/C(C)=C(\C)C#N. The lowest BCUT2D eigenvalue weighted by atomic mass is 9.98. The van der Waals surface area contributed by atoms with Crippen LogP contribution in [-0.2, 0) is 23.8 Å². The second-order valence-corrected chi connectivity index (χ2v) is 8.73. The van der Waals surface area contributed by atoms with E-state index in [1.54, 1.807) is 45.2 Å². The van der Waals surface area contributed by atoms with Crippen LogP contribution < -0.4 is 5.43 Å². The van der Waals surface area contributed by atoms with Crippen LogP contribution >= 0.6 is 0 Å². The molecule has 38 heavy (non-hydrogen) atoms. The topological polar surface area (TPSA) is 130 Å². The van der Waals surface area contributed by atoms with E-state index in [9.17, 15) is 19.6 Å². The average molecular weight is 529 g/mol. The minimum Gasteiger partial charge on any atom is -0.460 e. The molecule has 0 saturated heterocycles. The number of ether oxygens (including phenoxy) is 3. The second-order valence-electron chi connectivity index (χ2n) is 8.73. The molecule has 1 N–H and O–H groups in total. The molecule has 0 saturated carbocycles. The Morgan fingerprint density at radius 2 is 1.82 bits per heavy atom. The third-order valence-corrected chi connectivity index (χ3v) is 5.98. The predicted molar refractivity (Wildman–Crippen MR) is 146 cm³/mol. The molecule has 1 aromatic carbocycles. The molecule has 0 radical (unpaired) electrons. The summed E-state index contributed by atoms with van der Waals surface area (Å²) in [5.41, 5.74) is 4.30. The van der Waals surface area contributed by atoms with Gasteiger partial charge in [-0.3, -0.25) is 19.9 Å². The first-order valence-electron chi connectivity index (χ1n) is 12.8. The molecule has 0 aliphatic rings. The second kappa shape index (κ2) is 18.7. The lowest BCUT2D eigenvalue weighted by Gasteiger charge is -2.23. The van der Waals surface area contributed by atoms with E-state index < -0.39 is 11.9 Å². The summed E-state index contributed by atoms with van der Waals surface area (Å²) < 4.78 is 15.3. The number of esters is 1. The first-order valence-corrected chi connectivity index (χ1v) is 12.8. The number of rotatable bonds is 18. The van der Waals surface area contributed by atoms with Gasteiger partial charge in [0.25, 0.3) is 5.91 Å². The predicted octanol–water partition coefficient (Wildman–Crippen LogP) is 4.34. The highest BCUT2D eigenvalue weighted by molar-refractivity contribution is 6.46. The van der Waals surface area contributed by atoms with Crippen LogP contribution in [0.1, 0.15) is 63.7 Å². The van der Waals surface area contributed by atoms with E-state index >= 15 is 0 Å². The Bertz CT molecular complexity index is 998. The summed E-state index contributed by atoms with van der Waals surface area (Å²) in [6, 6.07) is 8.39. The van der Waals surface area contributed by atoms with E-state index in [1.807, 2.05) is 13.0 Å². The fraction of sp³-hybridized carbons (Fsp3) is 0.536. The van der Waals surface area contributed by atoms with Crippen molar-refractivity contribution in [3.05, 3.63) is 41.0 Å². The van der Waals surface area contributed by atoms with Gasteiger partial charge in [0.15, 0.2) is 5.71 Å². The zero-order valence-corrected chi connectivity index (χ0v) is 23.1. The molecular weight excluding hydrogens is 488 g/mol. The van der Waals surface area contributed by atoms with E-state index in [4.69, 9.17) is 14.2 Å². The molecule has 0 aliphatic carbocycles.